The molecule has 0 bridgehead atoms. The van der Waals surface area contributed by atoms with Gasteiger partial charge in [-0.1, -0.05) is 18.2 Å². The van der Waals surface area contributed by atoms with Crippen LogP contribution in [0.3, 0.4) is 0 Å². The molecule has 122 valence electrons. The number of aliphatic hydroxyl groups is 1. The molecule has 0 atom stereocenters. The second kappa shape index (κ2) is 6.71. The first-order chi connectivity index (χ1) is 10.8. The molecule has 0 saturated carbocycles. The van der Waals surface area contributed by atoms with E-state index < -0.39 is 22.7 Å². The summed E-state index contributed by atoms with van der Waals surface area (Å²) in [4.78, 5) is 19.7. The zero-order valence-electron chi connectivity index (χ0n) is 12.6. The molecule has 9 heteroatoms. The molecule has 1 aromatic carbocycles. The van der Waals surface area contributed by atoms with E-state index in [0.717, 1.165) is 0 Å². The first kappa shape index (κ1) is 16.8. The number of hydrogen-bond acceptors (Lipinski definition) is 6. The quantitative estimate of drug-likeness (QED) is 0.768. The Morgan fingerprint density at radius 1 is 1.17 bits per heavy atom. The summed E-state index contributed by atoms with van der Waals surface area (Å²) in [5, 5.41) is 11.5. The molecular formula is C14H16N4O4S. The average Bonchev–Trinajstić information content (AvgIpc) is 2.45. The van der Waals surface area contributed by atoms with Crippen molar-refractivity contribution in [2.45, 2.75) is 25.3 Å². The molecule has 0 radical (unpaired) electrons. The lowest BCUT2D eigenvalue weighted by Gasteiger charge is -2.10. The van der Waals surface area contributed by atoms with Crippen molar-refractivity contribution in [2.75, 3.05) is 5.32 Å². The lowest BCUT2D eigenvalue weighted by molar-refractivity contribution is 0.256. The number of urea groups is 1. The zero-order valence-corrected chi connectivity index (χ0v) is 13.4. The Morgan fingerprint density at radius 2 is 1.78 bits per heavy atom. The van der Waals surface area contributed by atoms with Crippen LogP contribution >= 0.6 is 0 Å². The van der Waals surface area contributed by atoms with Crippen LogP contribution in [-0.2, 0) is 16.6 Å². The maximum absolute atomic E-state index is 12.2. The first-order valence-corrected chi connectivity index (χ1v) is 8.15. The third-order valence-electron chi connectivity index (χ3n) is 2.87. The predicted octanol–water partition coefficient (Wildman–Crippen LogP) is 1.10. The molecule has 2 amide bonds. The number of carbonyl (C=O) groups excluding carboxylic acids is 1. The summed E-state index contributed by atoms with van der Waals surface area (Å²) in [6.45, 7) is 3.00. The van der Waals surface area contributed by atoms with E-state index in [9.17, 15) is 18.3 Å². The van der Waals surface area contributed by atoms with Crippen LogP contribution in [0.15, 0.2) is 35.2 Å². The number of aliphatic hydroxyl groups excluding tert-OH is 1. The van der Waals surface area contributed by atoms with Gasteiger partial charge in [0, 0.05) is 11.4 Å². The minimum atomic E-state index is -4.12. The van der Waals surface area contributed by atoms with Gasteiger partial charge in [0.2, 0.25) is 5.95 Å². The Kier molecular flexibility index (Phi) is 4.92. The lowest BCUT2D eigenvalue weighted by atomic mass is 10.2. The second-order valence-corrected chi connectivity index (χ2v) is 6.45. The van der Waals surface area contributed by atoms with E-state index in [1.165, 1.54) is 18.2 Å². The minimum absolute atomic E-state index is 0.00523. The largest absolute Gasteiger partial charge is 0.392 e. The average molecular weight is 336 g/mol. The molecule has 2 aromatic rings. The van der Waals surface area contributed by atoms with E-state index >= 15 is 0 Å². The van der Waals surface area contributed by atoms with Crippen molar-refractivity contribution >= 4 is 22.0 Å². The van der Waals surface area contributed by atoms with Crippen molar-refractivity contribution in [3.63, 3.8) is 0 Å². The van der Waals surface area contributed by atoms with Gasteiger partial charge in [-0.05, 0) is 31.5 Å². The summed E-state index contributed by atoms with van der Waals surface area (Å²) in [6.07, 6.45) is 0. The number of nitrogens with zero attached hydrogens (tertiary/aromatic N) is 2. The second-order valence-electron chi connectivity index (χ2n) is 4.80. The van der Waals surface area contributed by atoms with Gasteiger partial charge in [0.05, 0.1) is 11.5 Å². The predicted molar refractivity (Wildman–Crippen MR) is 83.2 cm³/mol. The minimum Gasteiger partial charge on any atom is -0.392 e. The maximum Gasteiger partial charge on any atom is 0.335 e. The summed E-state index contributed by atoms with van der Waals surface area (Å²) in [5.41, 5.74) is 1.47. The first-order valence-electron chi connectivity index (χ1n) is 6.66. The van der Waals surface area contributed by atoms with Gasteiger partial charge < -0.3 is 5.11 Å². The molecule has 2 rings (SSSR count). The molecule has 23 heavy (non-hydrogen) atoms. The molecule has 1 heterocycles. The Hall–Kier alpha value is -2.52. The van der Waals surface area contributed by atoms with Crippen molar-refractivity contribution in [2.24, 2.45) is 0 Å². The molecule has 1 aromatic heterocycles. The maximum atomic E-state index is 12.2. The Labute approximate surface area is 133 Å². The molecule has 8 nitrogen and oxygen atoms in total. The van der Waals surface area contributed by atoms with E-state index in [4.69, 9.17) is 0 Å². The number of benzene rings is 1. The smallest absolute Gasteiger partial charge is 0.335 e. The molecule has 0 aliphatic rings. The van der Waals surface area contributed by atoms with Crippen molar-refractivity contribution in [3.05, 3.63) is 47.3 Å². The van der Waals surface area contributed by atoms with E-state index in [1.54, 1.807) is 26.0 Å². The van der Waals surface area contributed by atoms with Crippen molar-refractivity contribution in [1.82, 2.24) is 14.7 Å². The van der Waals surface area contributed by atoms with Gasteiger partial charge in [-0.2, -0.15) is 0 Å². The van der Waals surface area contributed by atoms with Crippen molar-refractivity contribution in [3.8, 4) is 0 Å². The number of sulfonamides is 1. The van der Waals surface area contributed by atoms with Crippen LogP contribution in [0.5, 0.6) is 0 Å². The summed E-state index contributed by atoms with van der Waals surface area (Å²) in [5.74, 6) is 0.00523. The zero-order chi connectivity index (χ0) is 17.0. The normalized spacial score (nSPS) is 11.1. The monoisotopic (exact) mass is 336 g/mol. The van der Waals surface area contributed by atoms with Crippen molar-refractivity contribution in [1.29, 1.82) is 0 Å². The highest BCUT2D eigenvalue weighted by Crippen LogP contribution is 2.15. The number of nitrogens with one attached hydrogen (secondary N) is 2. The molecule has 0 saturated heterocycles. The number of carbonyl (C=O) groups is 1. The van der Waals surface area contributed by atoms with Gasteiger partial charge in [-0.3, -0.25) is 5.32 Å². The fourth-order valence-corrected chi connectivity index (χ4v) is 3.12. The fourth-order valence-electron chi connectivity index (χ4n) is 1.98. The molecular weight excluding hydrogens is 320 g/mol. The van der Waals surface area contributed by atoms with Crippen molar-refractivity contribution < 1.29 is 18.3 Å². The fraction of sp³-hybridized carbons (Fsp3) is 0.214. The third-order valence-corrected chi connectivity index (χ3v) is 4.30. The molecule has 0 fully saturated rings. The number of amides is 2. The highest BCUT2D eigenvalue weighted by Gasteiger charge is 2.21. The molecule has 0 aliphatic heterocycles. The summed E-state index contributed by atoms with van der Waals surface area (Å²) in [7, 11) is -4.12. The summed E-state index contributed by atoms with van der Waals surface area (Å²) < 4.78 is 26.3. The van der Waals surface area contributed by atoms with E-state index in [2.05, 4.69) is 15.3 Å². The van der Waals surface area contributed by atoms with Gasteiger partial charge in [-0.15, -0.1) is 0 Å². The number of aromatic nitrogens is 2. The van der Waals surface area contributed by atoms with E-state index in [1.807, 2.05) is 4.72 Å². The molecule has 0 spiro atoms. The topological polar surface area (TPSA) is 121 Å². The van der Waals surface area contributed by atoms with Crippen LogP contribution in [0.1, 0.15) is 17.0 Å². The number of aryl methyl sites for hydroxylation is 2. The number of rotatable bonds is 4. The lowest BCUT2D eigenvalue weighted by Crippen LogP contribution is -2.35. The third kappa shape index (κ3) is 4.24. The van der Waals surface area contributed by atoms with Gasteiger partial charge in [0.15, 0.2) is 0 Å². The molecule has 0 aliphatic carbocycles. The van der Waals surface area contributed by atoms with Crippen LogP contribution in [0.4, 0.5) is 10.7 Å². The Morgan fingerprint density at radius 3 is 2.39 bits per heavy atom. The summed E-state index contributed by atoms with van der Waals surface area (Å²) >= 11 is 0. The van der Waals surface area contributed by atoms with Gasteiger partial charge in [0.25, 0.3) is 10.0 Å². The highest BCUT2D eigenvalue weighted by molar-refractivity contribution is 7.90. The van der Waals surface area contributed by atoms with Crippen LogP contribution in [0.2, 0.25) is 0 Å². The van der Waals surface area contributed by atoms with Gasteiger partial charge in [0.1, 0.15) is 0 Å². The van der Waals surface area contributed by atoms with E-state index in [0.29, 0.717) is 11.4 Å². The number of anilines is 1. The Balaban J connectivity index is 2.18. The SMILES string of the molecule is Cc1cc(C)nc(NC(=O)NS(=O)(=O)c2ccccc2CO)n1. The van der Waals surface area contributed by atoms with E-state index in [-0.39, 0.29) is 16.4 Å². The van der Waals surface area contributed by atoms with Gasteiger partial charge >= 0.3 is 6.03 Å². The number of hydrogen-bond donors (Lipinski definition) is 3. The Bertz CT molecular complexity index is 816. The van der Waals surface area contributed by atoms with Crippen LogP contribution < -0.4 is 10.0 Å². The van der Waals surface area contributed by atoms with Crippen LogP contribution in [0, 0.1) is 13.8 Å². The van der Waals surface area contributed by atoms with Crippen LogP contribution in [0.25, 0.3) is 0 Å². The highest BCUT2D eigenvalue weighted by atomic mass is 32.2. The van der Waals surface area contributed by atoms with Gasteiger partial charge in [-0.25, -0.2) is 27.9 Å². The van der Waals surface area contributed by atoms with Crippen LogP contribution in [-0.4, -0.2) is 29.5 Å². The molecule has 0 unspecified atom stereocenters. The molecule has 3 N–H and O–H groups in total. The summed E-state index contributed by atoms with van der Waals surface area (Å²) in [6, 6.07) is 6.58. The standard InChI is InChI=1S/C14H16N4O4S/c1-9-7-10(2)16-13(15-9)17-14(20)18-23(21,22)12-6-4-3-5-11(12)8-19/h3-7,19H,8H2,1-2H3,(H2,15,16,17,18,20).